The van der Waals surface area contributed by atoms with Crippen molar-refractivity contribution >= 4 is 9.73 Å². The maximum absolute atomic E-state index is 11.2. The minimum Gasteiger partial charge on any atom is -0.384 e. The normalized spacial score (nSPS) is 17.2. The Morgan fingerprint density at radius 2 is 2.10 bits per heavy atom. The molecule has 0 saturated heterocycles. The second-order valence-corrected chi connectivity index (χ2v) is 5.28. The molecular formula is C6H15NO2S. The molecule has 62 valence electrons. The highest BCUT2D eigenvalue weighted by atomic mass is 32.2. The summed E-state index contributed by atoms with van der Waals surface area (Å²) in [5, 5.41) is -0.0670. The third-order valence-electron chi connectivity index (χ3n) is 1.35. The summed E-state index contributed by atoms with van der Waals surface area (Å²) in [5.41, 5.74) is 0. The molecule has 0 amide bonds. The van der Waals surface area contributed by atoms with Crippen molar-refractivity contribution in [3.63, 3.8) is 0 Å². The van der Waals surface area contributed by atoms with Crippen molar-refractivity contribution in [1.82, 2.24) is 0 Å². The van der Waals surface area contributed by atoms with Gasteiger partial charge in [-0.1, -0.05) is 13.8 Å². The van der Waals surface area contributed by atoms with E-state index in [2.05, 4.69) is 0 Å². The molecule has 3 nitrogen and oxygen atoms in total. The molecule has 4 heteroatoms. The van der Waals surface area contributed by atoms with Crippen molar-refractivity contribution in [1.29, 1.82) is 4.78 Å². The lowest BCUT2D eigenvalue weighted by Gasteiger charge is -2.09. The molecule has 1 atom stereocenters. The molecule has 1 N–H and O–H groups in total. The second kappa shape index (κ2) is 3.93. The first-order chi connectivity index (χ1) is 4.50. The monoisotopic (exact) mass is 165 g/mol. The van der Waals surface area contributed by atoms with E-state index in [1.165, 1.54) is 0 Å². The molecule has 0 spiro atoms. The smallest absolute Gasteiger partial charge is 0.0586 e. The molecule has 0 fully saturated rings. The van der Waals surface area contributed by atoms with Gasteiger partial charge in [-0.15, -0.1) is 0 Å². The largest absolute Gasteiger partial charge is 0.384 e. The van der Waals surface area contributed by atoms with E-state index in [0.717, 1.165) is 0 Å². The van der Waals surface area contributed by atoms with Crippen LogP contribution in [0.4, 0.5) is 0 Å². The predicted octanol–water partition coefficient (Wildman–Crippen LogP) is 1.09. The van der Waals surface area contributed by atoms with E-state index in [9.17, 15) is 4.21 Å². The molecule has 0 aliphatic heterocycles. The molecule has 0 rings (SSSR count). The molecule has 1 unspecified atom stereocenters. The fourth-order valence-electron chi connectivity index (χ4n) is 0.443. The van der Waals surface area contributed by atoms with Crippen LogP contribution in [0, 0.1) is 4.78 Å². The molecule has 0 saturated carbocycles. The summed E-state index contributed by atoms with van der Waals surface area (Å²) < 4.78 is 23.3. The van der Waals surface area contributed by atoms with Gasteiger partial charge in [0.1, 0.15) is 0 Å². The molecule has 0 aromatic carbocycles. The Bertz CT molecular complexity index is 172. The lowest BCUT2D eigenvalue weighted by molar-refractivity contribution is 0.217. The van der Waals surface area contributed by atoms with Gasteiger partial charge >= 0.3 is 0 Å². The lowest BCUT2D eigenvalue weighted by atomic mass is 10.6. The lowest BCUT2D eigenvalue weighted by Crippen LogP contribution is -2.18. The van der Waals surface area contributed by atoms with Crippen molar-refractivity contribution in [2.75, 3.05) is 19.5 Å². The molecule has 0 heterocycles. The Morgan fingerprint density at radius 3 is 2.40 bits per heavy atom. The average molecular weight is 165 g/mol. The summed E-state index contributed by atoms with van der Waals surface area (Å²) in [6.45, 7) is 4.01. The van der Waals surface area contributed by atoms with Crippen LogP contribution < -0.4 is 0 Å². The van der Waals surface area contributed by atoms with Gasteiger partial charge in [-0.3, -0.25) is 4.78 Å². The molecule has 0 radical (unpaired) electrons. The van der Waals surface area contributed by atoms with Crippen LogP contribution in [0.15, 0.2) is 0 Å². The van der Waals surface area contributed by atoms with Crippen LogP contribution in [0.5, 0.6) is 0 Å². The van der Waals surface area contributed by atoms with E-state index in [1.807, 2.05) is 0 Å². The van der Waals surface area contributed by atoms with Crippen LogP contribution >= 0.6 is 0 Å². The zero-order valence-electron chi connectivity index (χ0n) is 6.72. The minimum absolute atomic E-state index is 0.0670. The molecule has 0 aliphatic rings. The molecular weight excluding hydrogens is 150 g/mol. The van der Waals surface area contributed by atoms with Crippen molar-refractivity contribution in [2.45, 2.75) is 19.1 Å². The van der Waals surface area contributed by atoms with Crippen LogP contribution in [-0.2, 0) is 14.5 Å². The van der Waals surface area contributed by atoms with Gasteiger partial charge < -0.3 is 4.74 Å². The highest BCUT2D eigenvalue weighted by Gasteiger charge is 2.10. The zero-order valence-corrected chi connectivity index (χ0v) is 7.53. The molecule has 10 heavy (non-hydrogen) atoms. The Morgan fingerprint density at radius 1 is 1.60 bits per heavy atom. The summed E-state index contributed by atoms with van der Waals surface area (Å²) in [5.74, 6) is 0.348. The van der Waals surface area contributed by atoms with Gasteiger partial charge in [0.05, 0.1) is 12.4 Å². The summed E-state index contributed by atoms with van der Waals surface area (Å²) in [4.78, 5) is 0. The summed E-state index contributed by atoms with van der Waals surface area (Å²) in [7, 11) is -0.834. The van der Waals surface area contributed by atoms with Gasteiger partial charge in [0.2, 0.25) is 0 Å². The van der Waals surface area contributed by atoms with Gasteiger partial charge in [-0.25, -0.2) is 4.21 Å². The number of ether oxygens (including phenoxy) is 1. The van der Waals surface area contributed by atoms with Gasteiger partial charge in [0.25, 0.3) is 0 Å². The molecule has 0 aromatic heterocycles. The standard InChI is InChI=1S/C6H15NO2S/c1-6(2)10(7,8)5-4-9-3/h6-7H,4-5H2,1-3H3. The third kappa shape index (κ3) is 3.17. The summed E-state index contributed by atoms with van der Waals surface area (Å²) in [6, 6.07) is 0. The summed E-state index contributed by atoms with van der Waals surface area (Å²) in [6.07, 6.45) is 0. The van der Waals surface area contributed by atoms with Gasteiger partial charge in [-0.05, 0) is 0 Å². The summed E-state index contributed by atoms with van der Waals surface area (Å²) >= 11 is 0. The van der Waals surface area contributed by atoms with Crippen molar-refractivity contribution in [3.8, 4) is 0 Å². The van der Waals surface area contributed by atoms with Crippen LogP contribution in [-0.4, -0.2) is 28.9 Å². The van der Waals surface area contributed by atoms with E-state index < -0.39 is 9.73 Å². The number of hydrogen-bond donors (Lipinski definition) is 1. The zero-order chi connectivity index (χ0) is 8.20. The Kier molecular flexibility index (Phi) is 3.89. The second-order valence-electron chi connectivity index (χ2n) is 2.47. The molecule has 0 bridgehead atoms. The van der Waals surface area contributed by atoms with Crippen molar-refractivity contribution < 1.29 is 8.95 Å². The third-order valence-corrected chi connectivity index (χ3v) is 3.65. The average Bonchev–Trinajstić information content (AvgIpc) is 1.84. The first-order valence-corrected chi connectivity index (χ1v) is 5.04. The highest BCUT2D eigenvalue weighted by Crippen LogP contribution is 2.00. The quantitative estimate of drug-likeness (QED) is 0.678. The molecule has 0 aromatic rings. The first-order valence-electron chi connectivity index (χ1n) is 3.25. The van der Waals surface area contributed by atoms with Crippen molar-refractivity contribution in [3.05, 3.63) is 0 Å². The number of rotatable bonds is 4. The fourth-order valence-corrected chi connectivity index (χ4v) is 1.33. The van der Waals surface area contributed by atoms with Gasteiger partial charge in [0, 0.05) is 22.1 Å². The predicted molar refractivity (Wildman–Crippen MR) is 42.7 cm³/mol. The number of methoxy groups -OCH3 is 1. The first kappa shape index (κ1) is 9.91. The van der Waals surface area contributed by atoms with Crippen LogP contribution in [0.25, 0.3) is 0 Å². The maximum atomic E-state index is 11.2. The minimum atomic E-state index is -2.39. The van der Waals surface area contributed by atoms with Crippen LogP contribution in [0.3, 0.4) is 0 Å². The SMILES string of the molecule is COCCS(=N)(=O)C(C)C. The Labute approximate surface area is 62.7 Å². The Balaban J connectivity index is 3.90. The van der Waals surface area contributed by atoms with E-state index in [4.69, 9.17) is 9.52 Å². The van der Waals surface area contributed by atoms with E-state index in [-0.39, 0.29) is 5.25 Å². The molecule has 0 aliphatic carbocycles. The van der Waals surface area contributed by atoms with Crippen molar-refractivity contribution in [2.24, 2.45) is 0 Å². The number of nitrogens with one attached hydrogen (secondary N) is 1. The van der Waals surface area contributed by atoms with Crippen LogP contribution in [0.1, 0.15) is 13.8 Å². The highest BCUT2D eigenvalue weighted by molar-refractivity contribution is 7.93. The fraction of sp³-hybridized carbons (Fsp3) is 1.00. The van der Waals surface area contributed by atoms with Gasteiger partial charge in [0.15, 0.2) is 0 Å². The van der Waals surface area contributed by atoms with Gasteiger partial charge in [-0.2, -0.15) is 0 Å². The maximum Gasteiger partial charge on any atom is 0.0586 e. The van der Waals surface area contributed by atoms with E-state index in [1.54, 1.807) is 21.0 Å². The Hall–Kier alpha value is -0.0900. The van der Waals surface area contributed by atoms with E-state index in [0.29, 0.717) is 12.4 Å². The number of hydrogen-bond acceptors (Lipinski definition) is 3. The topological polar surface area (TPSA) is 50.1 Å². The van der Waals surface area contributed by atoms with E-state index >= 15 is 0 Å². The van der Waals surface area contributed by atoms with Crippen LogP contribution in [0.2, 0.25) is 0 Å².